The first-order valence-corrected chi connectivity index (χ1v) is 8.64. The van der Waals surface area contributed by atoms with Crippen LogP contribution in [0.4, 0.5) is 11.5 Å². The van der Waals surface area contributed by atoms with E-state index < -0.39 is 0 Å². The number of anilines is 2. The first-order valence-electron chi connectivity index (χ1n) is 8.26. The topological polar surface area (TPSA) is 90.7 Å². The summed E-state index contributed by atoms with van der Waals surface area (Å²) in [4.78, 5) is 20.6. The van der Waals surface area contributed by atoms with Crippen LogP contribution in [0.15, 0.2) is 60.9 Å². The minimum Gasteiger partial charge on any atom is -0.368 e. The number of nitrogens with zero attached hydrogens (tertiary/aromatic N) is 3. The largest absolute Gasteiger partial charge is 0.368 e. The lowest BCUT2D eigenvalue weighted by molar-refractivity contribution is 0.102. The second kappa shape index (κ2) is 8.79. The Hall–Kier alpha value is -3.43. The summed E-state index contributed by atoms with van der Waals surface area (Å²) in [5.41, 5.74) is 2.32. The predicted octanol–water partition coefficient (Wildman–Crippen LogP) is 3.91. The summed E-state index contributed by atoms with van der Waals surface area (Å²) in [6.45, 7) is 0.668. The lowest BCUT2D eigenvalue weighted by Gasteiger charge is -2.07. The summed E-state index contributed by atoms with van der Waals surface area (Å²) in [6.07, 6.45) is 3.71. The van der Waals surface area contributed by atoms with Gasteiger partial charge in [-0.25, -0.2) is 9.97 Å². The standard InChI is InChI=1S/C20H16ClN5O/c21-16-5-1-3-14(9-16)7-8-23-19-13-24-18(12-25-19)20(27)26-17-6-2-4-15(10-17)11-22/h1-6,9-10,12-13H,7-8H2,(H,23,25)(H,26,27). The highest BCUT2D eigenvalue weighted by Crippen LogP contribution is 2.12. The van der Waals surface area contributed by atoms with Crippen molar-refractivity contribution in [3.63, 3.8) is 0 Å². The van der Waals surface area contributed by atoms with Crippen LogP contribution in [-0.4, -0.2) is 22.4 Å². The third-order valence-electron chi connectivity index (χ3n) is 3.74. The lowest BCUT2D eigenvalue weighted by atomic mass is 10.1. The van der Waals surface area contributed by atoms with Crippen molar-refractivity contribution in [3.05, 3.63) is 82.8 Å². The Morgan fingerprint density at radius 1 is 1.11 bits per heavy atom. The van der Waals surface area contributed by atoms with Gasteiger partial charge < -0.3 is 10.6 Å². The maximum atomic E-state index is 12.2. The van der Waals surface area contributed by atoms with E-state index >= 15 is 0 Å². The molecule has 3 rings (SSSR count). The molecule has 2 aromatic carbocycles. The van der Waals surface area contributed by atoms with E-state index in [4.69, 9.17) is 16.9 Å². The van der Waals surface area contributed by atoms with E-state index in [0.717, 1.165) is 12.0 Å². The van der Waals surface area contributed by atoms with Crippen LogP contribution in [0.2, 0.25) is 5.02 Å². The highest BCUT2D eigenvalue weighted by Gasteiger charge is 2.09. The van der Waals surface area contributed by atoms with Gasteiger partial charge in [-0.3, -0.25) is 4.79 Å². The van der Waals surface area contributed by atoms with Gasteiger partial charge >= 0.3 is 0 Å². The average Bonchev–Trinajstić information content (AvgIpc) is 2.69. The zero-order chi connectivity index (χ0) is 19.1. The van der Waals surface area contributed by atoms with Crippen LogP contribution in [0.3, 0.4) is 0 Å². The molecule has 0 saturated heterocycles. The van der Waals surface area contributed by atoms with Crippen LogP contribution in [0.1, 0.15) is 21.6 Å². The first kappa shape index (κ1) is 18.4. The predicted molar refractivity (Wildman–Crippen MR) is 105 cm³/mol. The van der Waals surface area contributed by atoms with E-state index in [9.17, 15) is 4.79 Å². The number of amides is 1. The van der Waals surface area contributed by atoms with E-state index in [2.05, 4.69) is 20.6 Å². The average molecular weight is 378 g/mol. The molecule has 0 aliphatic heterocycles. The zero-order valence-electron chi connectivity index (χ0n) is 14.3. The van der Waals surface area contributed by atoms with Gasteiger partial charge in [0.25, 0.3) is 5.91 Å². The van der Waals surface area contributed by atoms with Crippen LogP contribution in [-0.2, 0) is 6.42 Å². The Morgan fingerprint density at radius 3 is 2.70 bits per heavy atom. The van der Waals surface area contributed by atoms with Gasteiger partial charge in [0.15, 0.2) is 0 Å². The molecule has 0 fully saturated rings. The molecule has 0 radical (unpaired) electrons. The summed E-state index contributed by atoms with van der Waals surface area (Å²) < 4.78 is 0. The Labute approximate surface area is 161 Å². The smallest absolute Gasteiger partial charge is 0.275 e. The monoisotopic (exact) mass is 377 g/mol. The molecule has 6 nitrogen and oxygen atoms in total. The fraction of sp³-hybridized carbons (Fsp3) is 0.100. The summed E-state index contributed by atoms with van der Waals surface area (Å²) in [6, 6.07) is 16.4. The van der Waals surface area contributed by atoms with E-state index in [1.165, 1.54) is 12.4 Å². The molecule has 1 amide bonds. The van der Waals surface area contributed by atoms with Crippen molar-refractivity contribution in [2.75, 3.05) is 17.2 Å². The van der Waals surface area contributed by atoms with Crippen LogP contribution in [0.25, 0.3) is 0 Å². The fourth-order valence-electron chi connectivity index (χ4n) is 2.43. The van der Waals surface area contributed by atoms with Gasteiger partial charge in [-0.15, -0.1) is 0 Å². The Morgan fingerprint density at radius 2 is 1.96 bits per heavy atom. The number of rotatable bonds is 6. The Bertz CT molecular complexity index is 982. The van der Waals surface area contributed by atoms with E-state index in [1.54, 1.807) is 24.3 Å². The number of carbonyl (C=O) groups excluding carboxylic acids is 1. The third kappa shape index (κ3) is 5.27. The van der Waals surface area contributed by atoms with Crippen molar-refractivity contribution >= 4 is 29.0 Å². The molecule has 1 aromatic heterocycles. The van der Waals surface area contributed by atoms with Gasteiger partial charge in [0.2, 0.25) is 0 Å². The highest BCUT2D eigenvalue weighted by atomic mass is 35.5. The number of hydrogen-bond acceptors (Lipinski definition) is 5. The molecule has 3 aromatic rings. The van der Waals surface area contributed by atoms with Gasteiger partial charge in [-0.05, 0) is 42.3 Å². The van der Waals surface area contributed by atoms with Crippen molar-refractivity contribution in [2.24, 2.45) is 0 Å². The van der Waals surface area contributed by atoms with Crippen molar-refractivity contribution in [3.8, 4) is 6.07 Å². The number of halogens is 1. The van der Waals surface area contributed by atoms with E-state index in [-0.39, 0.29) is 11.6 Å². The number of carbonyl (C=O) groups is 1. The van der Waals surface area contributed by atoms with Crippen LogP contribution >= 0.6 is 11.6 Å². The number of aromatic nitrogens is 2. The summed E-state index contributed by atoms with van der Waals surface area (Å²) in [5.74, 6) is 0.197. The molecule has 1 heterocycles. The third-order valence-corrected chi connectivity index (χ3v) is 3.98. The summed E-state index contributed by atoms with van der Waals surface area (Å²) >= 11 is 5.97. The minimum atomic E-state index is -0.386. The molecule has 27 heavy (non-hydrogen) atoms. The maximum Gasteiger partial charge on any atom is 0.275 e. The van der Waals surface area contributed by atoms with Crippen molar-refractivity contribution in [1.29, 1.82) is 5.26 Å². The van der Waals surface area contributed by atoms with Crippen molar-refractivity contribution in [1.82, 2.24) is 9.97 Å². The van der Waals surface area contributed by atoms with Gasteiger partial charge in [-0.2, -0.15) is 5.26 Å². The number of nitriles is 1. The van der Waals surface area contributed by atoms with Crippen molar-refractivity contribution in [2.45, 2.75) is 6.42 Å². The second-order valence-corrected chi connectivity index (χ2v) is 6.18. The van der Waals surface area contributed by atoms with Crippen LogP contribution in [0, 0.1) is 11.3 Å². The molecule has 0 aliphatic carbocycles. The van der Waals surface area contributed by atoms with Gasteiger partial charge in [0, 0.05) is 17.3 Å². The molecule has 0 spiro atoms. The Kier molecular flexibility index (Phi) is 5.98. The lowest BCUT2D eigenvalue weighted by Crippen LogP contribution is -2.15. The highest BCUT2D eigenvalue weighted by molar-refractivity contribution is 6.30. The van der Waals surface area contributed by atoms with Gasteiger partial charge in [0.05, 0.1) is 24.0 Å². The number of nitrogens with one attached hydrogen (secondary N) is 2. The molecular formula is C20H16ClN5O. The zero-order valence-corrected chi connectivity index (χ0v) is 15.1. The Balaban J connectivity index is 1.54. The molecule has 0 bridgehead atoms. The molecule has 2 N–H and O–H groups in total. The van der Waals surface area contributed by atoms with Crippen LogP contribution < -0.4 is 10.6 Å². The number of benzene rings is 2. The quantitative estimate of drug-likeness (QED) is 0.679. The fourth-order valence-corrected chi connectivity index (χ4v) is 2.64. The summed E-state index contributed by atoms with van der Waals surface area (Å²) in [7, 11) is 0. The van der Waals surface area contributed by atoms with Crippen LogP contribution in [0.5, 0.6) is 0 Å². The van der Waals surface area contributed by atoms with Gasteiger partial charge in [0.1, 0.15) is 11.5 Å². The normalized spacial score (nSPS) is 10.1. The maximum absolute atomic E-state index is 12.2. The molecule has 7 heteroatoms. The molecule has 0 aliphatic rings. The molecule has 0 unspecified atom stereocenters. The number of hydrogen-bond donors (Lipinski definition) is 2. The first-order chi connectivity index (χ1) is 13.1. The summed E-state index contributed by atoms with van der Waals surface area (Å²) in [5, 5.41) is 15.5. The SMILES string of the molecule is N#Cc1cccc(NC(=O)c2cnc(NCCc3cccc(Cl)c3)cn2)c1. The minimum absolute atomic E-state index is 0.192. The molecule has 134 valence electrons. The van der Waals surface area contributed by atoms with E-state index in [1.807, 2.05) is 30.3 Å². The molecular weight excluding hydrogens is 362 g/mol. The van der Waals surface area contributed by atoms with Crippen molar-refractivity contribution < 1.29 is 4.79 Å². The molecule has 0 saturated carbocycles. The molecule has 0 atom stereocenters. The second-order valence-electron chi connectivity index (χ2n) is 5.74. The van der Waals surface area contributed by atoms with Gasteiger partial charge in [-0.1, -0.05) is 29.8 Å². The van der Waals surface area contributed by atoms with E-state index in [0.29, 0.717) is 28.6 Å².